The van der Waals surface area contributed by atoms with Gasteiger partial charge in [-0.15, -0.1) is 0 Å². The molecule has 0 aliphatic carbocycles. The van der Waals surface area contributed by atoms with Gasteiger partial charge in [0.2, 0.25) is 0 Å². The van der Waals surface area contributed by atoms with Gasteiger partial charge in [0, 0.05) is 44.6 Å². The SMILES string of the molecule is CC[C@H]1OC(=O)[C@H](C)[C@@H](OC2C[C@](C)(OC)[C@H](O)[C@@H](C)O2)[C@H](C)[C@@H](O[C@@H]2O[C@H](C)C[C@H](N(C)C)[C@H]2O)C(C)(O)C[C@@H](C)[C@@H]2N[C@H](COCCOC)O[C@H]([C@H]2C)C1(C)O. The first-order chi connectivity index (χ1) is 27.0. The van der Waals surface area contributed by atoms with Gasteiger partial charge in [0.05, 0.1) is 67.5 Å². The Hall–Kier alpha value is -1.09. The van der Waals surface area contributed by atoms with Gasteiger partial charge < -0.3 is 68.0 Å². The summed E-state index contributed by atoms with van der Waals surface area (Å²) >= 11 is 0. The average Bonchev–Trinajstić information content (AvgIpc) is 3.15. The van der Waals surface area contributed by atoms with Crippen molar-refractivity contribution in [3.05, 3.63) is 0 Å². The van der Waals surface area contributed by atoms with Crippen LogP contribution in [0.5, 0.6) is 0 Å². The van der Waals surface area contributed by atoms with Crippen LogP contribution in [0.25, 0.3) is 0 Å². The van der Waals surface area contributed by atoms with Crippen molar-refractivity contribution in [3.8, 4) is 0 Å². The molecule has 4 aliphatic rings. The highest BCUT2D eigenvalue weighted by molar-refractivity contribution is 5.73. The summed E-state index contributed by atoms with van der Waals surface area (Å²) < 4.78 is 55.7. The number of rotatable bonds is 12. The molecule has 0 aromatic rings. The molecule has 0 aromatic carbocycles. The van der Waals surface area contributed by atoms with E-state index >= 15 is 0 Å². The van der Waals surface area contributed by atoms with Crippen LogP contribution in [0.1, 0.15) is 94.9 Å². The van der Waals surface area contributed by atoms with Crippen LogP contribution in [0.15, 0.2) is 0 Å². The van der Waals surface area contributed by atoms with Crippen LogP contribution in [-0.2, 0) is 47.4 Å². The molecular weight excluding hydrogens is 756 g/mol. The number of esters is 1. The van der Waals surface area contributed by atoms with Crippen molar-refractivity contribution < 1.29 is 67.9 Å². The molecule has 4 fully saturated rings. The second-order valence-electron chi connectivity index (χ2n) is 18.6. The molecule has 3 unspecified atom stereocenters. The number of nitrogens with zero attached hydrogens (tertiary/aromatic N) is 1. The van der Waals surface area contributed by atoms with Crippen molar-refractivity contribution in [1.82, 2.24) is 10.2 Å². The molecule has 4 aliphatic heterocycles. The lowest BCUT2D eigenvalue weighted by Crippen LogP contribution is -2.67. The fourth-order valence-electron chi connectivity index (χ4n) is 10.0. The first-order valence-electron chi connectivity index (χ1n) is 21.4. The first kappa shape index (κ1) is 49.6. The molecule has 0 amide bonds. The van der Waals surface area contributed by atoms with Crippen LogP contribution in [-0.4, -0.2) is 176 Å². The standard InChI is InChI=1S/C42H78N2O14/c1-15-29-42(10,49)37-24(4)32(43-30(56-37)21-52-17-16-50-13)22(2)19-40(8,48)36(58-39-33(45)28(44(11)12)18-23(3)53-39)25(5)34(26(6)38(47)55-29)57-31-20-41(9,51-14)35(46)27(7)54-31/h22-37,39,43,45-46,48-49H,15-21H2,1-14H3/t22-,23-,24+,25+,26-,27-,28+,29-,30+,31?,32+,33-,34+,35-,36-,37-,39+,40?,41+,42?/m1/s1. The third-order valence-corrected chi connectivity index (χ3v) is 13.5. The summed E-state index contributed by atoms with van der Waals surface area (Å²) in [4.78, 5) is 16.4. The molecule has 4 heterocycles. The Balaban J connectivity index is 1.83. The van der Waals surface area contributed by atoms with E-state index in [-0.39, 0.29) is 55.9 Å². The Bertz CT molecular complexity index is 1290. The summed E-state index contributed by atoms with van der Waals surface area (Å²) in [6.45, 7) is 19.1. The van der Waals surface area contributed by atoms with Gasteiger partial charge in [0.1, 0.15) is 30.1 Å². The van der Waals surface area contributed by atoms with Crippen molar-refractivity contribution >= 4 is 5.97 Å². The van der Waals surface area contributed by atoms with Crippen molar-refractivity contribution in [2.24, 2.45) is 23.7 Å². The first-order valence-corrected chi connectivity index (χ1v) is 21.4. The number of methoxy groups -OCH3 is 2. The predicted octanol–water partition coefficient (Wildman–Crippen LogP) is 2.20. The predicted molar refractivity (Wildman–Crippen MR) is 214 cm³/mol. The zero-order chi connectivity index (χ0) is 43.5. The van der Waals surface area contributed by atoms with Gasteiger partial charge >= 0.3 is 5.97 Å². The quantitative estimate of drug-likeness (QED) is 0.142. The van der Waals surface area contributed by atoms with Crippen LogP contribution >= 0.6 is 0 Å². The fourth-order valence-corrected chi connectivity index (χ4v) is 10.0. The molecule has 5 N–H and O–H groups in total. The summed E-state index contributed by atoms with van der Waals surface area (Å²) in [5.74, 6) is -2.95. The molecule has 0 spiro atoms. The normalized spacial score (nSPS) is 48.7. The summed E-state index contributed by atoms with van der Waals surface area (Å²) in [6, 6.07) is -0.593. The van der Waals surface area contributed by atoms with Crippen molar-refractivity contribution in [2.45, 2.75) is 191 Å². The van der Waals surface area contributed by atoms with Gasteiger partial charge in [-0.25, -0.2) is 0 Å². The number of likely N-dealkylation sites (N-methyl/N-ethyl adjacent to an activating group) is 1. The van der Waals surface area contributed by atoms with Crippen molar-refractivity contribution in [2.75, 3.05) is 48.1 Å². The van der Waals surface area contributed by atoms with E-state index < -0.39 is 96.1 Å². The van der Waals surface area contributed by atoms with Gasteiger partial charge in [-0.05, 0) is 80.8 Å². The molecule has 16 nitrogen and oxygen atoms in total. The topological polar surface area (TPSA) is 196 Å². The van der Waals surface area contributed by atoms with Gasteiger partial charge in [0.15, 0.2) is 12.6 Å². The second-order valence-corrected chi connectivity index (χ2v) is 18.6. The Labute approximate surface area is 346 Å². The highest BCUT2D eigenvalue weighted by atomic mass is 16.7. The number of cyclic esters (lactones) is 1. The van der Waals surface area contributed by atoms with Crippen LogP contribution in [0.4, 0.5) is 0 Å². The number of ether oxygens (including phenoxy) is 9. The molecule has 58 heavy (non-hydrogen) atoms. The molecule has 4 saturated heterocycles. The highest BCUT2D eigenvalue weighted by Gasteiger charge is 2.55. The van der Waals surface area contributed by atoms with E-state index in [1.54, 1.807) is 41.7 Å². The Morgan fingerprint density at radius 3 is 2.19 bits per heavy atom. The number of aliphatic hydroxyl groups is 4. The number of hydrogen-bond donors (Lipinski definition) is 5. The number of carbonyl (C=O) groups is 1. The minimum Gasteiger partial charge on any atom is -0.459 e. The monoisotopic (exact) mass is 835 g/mol. The number of aliphatic hydroxyl groups excluding tert-OH is 2. The lowest BCUT2D eigenvalue weighted by atomic mass is 9.71. The average molecular weight is 835 g/mol. The molecule has 340 valence electrons. The highest BCUT2D eigenvalue weighted by Crippen LogP contribution is 2.43. The van der Waals surface area contributed by atoms with Crippen molar-refractivity contribution in [1.29, 1.82) is 0 Å². The van der Waals surface area contributed by atoms with Crippen LogP contribution in [0, 0.1) is 23.7 Å². The summed E-state index contributed by atoms with van der Waals surface area (Å²) in [6.07, 6.45) is -8.29. The maximum Gasteiger partial charge on any atom is 0.311 e. The lowest BCUT2D eigenvalue weighted by molar-refractivity contribution is -0.318. The summed E-state index contributed by atoms with van der Waals surface area (Å²) in [5.41, 5.74) is -4.27. The van der Waals surface area contributed by atoms with E-state index in [0.29, 0.717) is 19.6 Å². The Morgan fingerprint density at radius 1 is 0.914 bits per heavy atom. The van der Waals surface area contributed by atoms with Crippen LogP contribution in [0.3, 0.4) is 0 Å². The number of hydrogen-bond acceptors (Lipinski definition) is 16. The number of carbonyl (C=O) groups excluding carboxylic acids is 1. The molecule has 0 radical (unpaired) electrons. The molecule has 20 atom stereocenters. The minimum absolute atomic E-state index is 0.137. The fraction of sp³-hybridized carbons (Fsp3) is 0.976. The second kappa shape index (κ2) is 20.4. The molecular formula is C42H78N2O14. The van der Waals surface area contributed by atoms with E-state index in [4.69, 9.17) is 42.6 Å². The molecule has 2 bridgehead atoms. The third-order valence-electron chi connectivity index (χ3n) is 13.5. The maximum atomic E-state index is 14.5. The lowest BCUT2D eigenvalue weighted by Gasteiger charge is -2.52. The van der Waals surface area contributed by atoms with Crippen LogP contribution in [0.2, 0.25) is 0 Å². The van der Waals surface area contributed by atoms with E-state index in [0.717, 1.165) is 0 Å². The van der Waals surface area contributed by atoms with E-state index in [9.17, 15) is 25.2 Å². The maximum absolute atomic E-state index is 14.5. The minimum atomic E-state index is -1.64. The largest absolute Gasteiger partial charge is 0.459 e. The number of nitrogens with one attached hydrogen (secondary N) is 1. The van der Waals surface area contributed by atoms with E-state index in [1.807, 2.05) is 53.6 Å². The van der Waals surface area contributed by atoms with Gasteiger partial charge in [-0.1, -0.05) is 27.7 Å². The molecule has 0 aromatic heterocycles. The smallest absolute Gasteiger partial charge is 0.311 e. The molecule has 4 rings (SSSR count). The molecule has 0 saturated carbocycles. The zero-order valence-electron chi connectivity index (χ0n) is 37.6. The zero-order valence-corrected chi connectivity index (χ0v) is 37.6. The number of fused-ring (bicyclic) bond motifs is 2. The third kappa shape index (κ3) is 11.1. The Kier molecular flexibility index (Phi) is 17.4. The van der Waals surface area contributed by atoms with E-state index in [1.165, 1.54) is 7.11 Å². The van der Waals surface area contributed by atoms with Gasteiger partial charge in [0.25, 0.3) is 0 Å². The summed E-state index contributed by atoms with van der Waals surface area (Å²) in [7, 11) is 6.90. The molecule has 16 heteroatoms. The summed E-state index contributed by atoms with van der Waals surface area (Å²) in [5, 5.41) is 51.5. The van der Waals surface area contributed by atoms with Crippen LogP contribution < -0.4 is 5.32 Å². The van der Waals surface area contributed by atoms with Gasteiger partial charge in [-0.3, -0.25) is 10.1 Å². The Morgan fingerprint density at radius 2 is 1.59 bits per heavy atom. The van der Waals surface area contributed by atoms with Crippen molar-refractivity contribution in [3.63, 3.8) is 0 Å². The van der Waals surface area contributed by atoms with Gasteiger partial charge in [-0.2, -0.15) is 0 Å². The van der Waals surface area contributed by atoms with E-state index in [2.05, 4.69) is 5.32 Å².